The zero-order valence-electron chi connectivity index (χ0n) is 16.9. The number of hydrogen-bond donors (Lipinski definition) is 1. The number of phenolic OH excluding ortho intramolecular Hbond substituents is 1. The van der Waals surface area contributed by atoms with Crippen LogP contribution in [0.15, 0.2) is 54.6 Å². The van der Waals surface area contributed by atoms with Gasteiger partial charge in [-0.15, -0.1) is 5.10 Å². The first kappa shape index (κ1) is 19.4. The number of unbranched alkanes of at least 4 members (excludes halogenated alkanes) is 1. The summed E-state index contributed by atoms with van der Waals surface area (Å²) in [7, 11) is 0. The molecule has 2 aromatic carbocycles. The fourth-order valence-corrected chi connectivity index (χ4v) is 3.97. The molecule has 7 nitrogen and oxygen atoms in total. The molecular formula is C22H28N6O. The van der Waals surface area contributed by atoms with E-state index in [4.69, 9.17) is 0 Å². The molecule has 1 saturated heterocycles. The molecule has 2 heterocycles. The van der Waals surface area contributed by atoms with E-state index in [1.165, 1.54) is 5.69 Å². The Bertz CT molecular complexity index is 904. The van der Waals surface area contributed by atoms with Gasteiger partial charge in [-0.2, -0.15) is 0 Å². The number of anilines is 1. The van der Waals surface area contributed by atoms with Gasteiger partial charge in [0.2, 0.25) is 0 Å². The average Bonchev–Trinajstić information content (AvgIpc) is 3.22. The van der Waals surface area contributed by atoms with Gasteiger partial charge >= 0.3 is 0 Å². The fourth-order valence-electron chi connectivity index (χ4n) is 3.97. The molecule has 1 aliphatic heterocycles. The highest BCUT2D eigenvalue weighted by molar-refractivity contribution is 5.46. The molecule has 1 N–H and O–H groups in total. The maximum Gasteiger partial charge on any atom is 0.173 e. The van der Waals surface area contributed by atoms with Crippen molar-refractivity contribution in [1.29, 1.82) is 0 Å². The first-order valence-electron chi connectivity index (χ1n) is 10.4. The quantitative estimate of drug-likeness (QED) is 0.666. The van der Waals surface area contributed by atoms with Crippen molar-refractivity contribution >= 4 is 5.69 Å². The summed E-state index contributed by atoms with van der Waals surface area (Å²) in [6.45, 7) is 6.65. The highest BCUT2D eigenvalue weighted by atomic mass is 16.3. The minimum absolute atomic E-state index is 0.0770. The van der Waals surface area contributed by atoms with E-state index < -0.39 is 0 Å². The van der Waals surface area contributed by atoms with E-state index in [9.17, 15) is 5.11 Å². The third kappa shape index (κ3) is 4.40. The molecule has 1 aromatic heterocycles. The van der Waals surface area contributed by atoms with Crippen LogP contribution >= 0.6 is 0 Å². The number of benzene rings is 2. The van der Waals surface area contributed by atoms with Crippen molar-refractivity contribution in [3.05, 3.63) is 66.0 Å². The predicted octanol–water partition coefficient (Wildman–Crippen LogP) is 3.09. The lowest BCUT2D eigenvalue weighted by atomic mass is 10.0. The minimum Gasteiger partial charge on any atom is -0.508 e. The van der Waals surface area contributed by atoms with Crippen LogP contribution in [0.4, 0.5) is 5.69 Å². The van der Waals surface area contributed by atoms with Crippen LogP contribution in [0.3, 0.4) is 0 Å². The van der Waals surface area contributed by atoms with E-state index in [-0.39, 0.29) is 11.8 Å². The monoisotopic (exact) mass is 392 g/mol. The van der Waals surface area contributed by atoms with Crippen LogP contribution in [-0.4, -0.2) is 56.4 Å². The van der Waals surface area contributed by atoms with Gasteiger partial charge in [0.25, 0.3) is 0 Å². The number of hydrogen-bond acceptors (Lipinski definition) is 6. The molecule has 1 fully saturated rings. The molecule has 29 heavy (non-hydrogen) atoms. The summed E-state index contributed by atoms with van der Waals surface area (Å²) in [5.41, 5.74) is 2.28. The van der Waals surface area contributed by atoms with Crippen LogP contribution in [0.1, 0.15) is 37.2 Å². The van der Waals surface area contributed by atoms with Crippen LogP contribution in [-0.2, 0) is 6.54 Å². The first-order chi connectivity index (χ1) is 14.3. The lowest BCUT2D eigenvalue weighted by molar-refractivity contribution is 0.200. The van der Waals surface area contributed by atoms with E-state index in [0.29, 0.717) is 0 Å². The number of aromatic hydroxyl groups is 1. The van der Waals surface area contributed by atoms with E-state index >= 15 is 0 Å². The largest absolute Gasteiger partial charge is 0.508 e. The zero-order valence-corrected chi connectivity index (χ0v) is 16.9. The standard InChI is InChI=1S/C22H28N6O/c1-2-3-12-28-22(23-24-25-28)21(18-8-7-11-20(29)17-18)27-15-13-26(14-16-27)19-9-5-4-6-10-19/h4-11,17,21,29H,2-3,12-16H2,1H3. The molecule has 0 radical (unpaired) electrons. The Hall–Kier alpha value is -2.93. The third-order valence-corrected chi connectivity index (χ3v) is 5.51. The van der Waals surface area contributed by atoms with E-state index in [2.05, 4.69) is 56.5 Å². The minimum atomic E-state index is -0.0770. The van der Waals surface area contributed by atoms with Crippen LogP contribution in [0, 0.1) is 0 Å². The van der Waals surface area contributed by atoms with Gasteiger partial charge in [-0.05, 0) is 46.7 Å². The van der Waals surface area contributed by atoms with E-state index in [1.54, 1.807) is 6.07 Å². The van der Waals surface area contributed by atoms with Crippen molar-refractivity contribution in [3.63, 3.8) is 0 Å². The Morgan fingerprint density at radius 1 is 1.00 bits per heavy atom. The normalized spacial score (nSPS) is 16.1. The van der Waals surface area contributed by atoms with Gasteiger partial charge in [0.1, 0.15) is 5.75 Å². The third-order valence-electron chi connectivity index (χ3n) is 5.51. The topological polar surface area (TPSA) is 70.3 Å². The number of aromatic nitrogens is 4. The second kappa shape index (κ2) is 9.05. The van der Waals surface area contributed by atoms with Gasteiger partial charge in [-0.3, -0.25) is 4.90 Å². The maximum absolute atomic E-state index is 10.1. The summed E-state index contributed by atoms with van der Waals surface area (Å²) in [5.74, 6) is 1.11. The van der Waals surface area contributed by atoms with Crippen molar-refractivity contribution in [2.24, 2.45) is 0 Å². The lowest BCUT2D eigenvalue weighted by Crippen LogP contribution is -2.48. The molecule has 3 aromatic rings. The molecule has 0 spiro atoms. The SMILES string of the molecule is CCCCn1nnnc1C(c1cccc(O)c1)N1CCN(c2ccccc2)CC1. The van der Waals surface area contributed by atoms with Gasteiger partial charge in [0, 0.05) is 38.4 Å². The Kier molecular flexibility index (Phi) is 6.05. The summed E-state index contributed by atoms with van der Waals surface area (Å²) in [6.07, 6.45) is 2.12. The average molecular weight is 393 g/mol. The van der Waals surface area contributed by atoms with Gasteiger partial charge in [-0.25, -0.2) is 4.68 Å². The second-order valence-corrected chi connectivity index (χ2v) is 7.47. The highest BCUT2D eigenvalue weighted by Gasteiger charge is 2.30. The Labute approximate surface area is 171 Å². The predicted molar refractivity (Wildman–Crippen MR) is 113 cm³/mol. The smallest absolute Gasteiger partial charge is 0.173 e. The summed E-state index contributed by atoms with van der Waals surface area (Å²) in [6, 6.07) is 17.9. The summed E-state index contributed by atoms with van der Waals surface area (Å²) >= 11 is 0. The summed E-state index contributed by atoms with van der Waals surface area (Å²) in [5, 5.41) is 22.7. The molecule has 1 aliphatic rings. The van der Waals surface area contributed by atoms with Crippen LogP contribution < -0.4 is 4.90 Å². The number of phenols is 1. The van der Waals surface area contributed by atoms with Gasteiger partial charge < -0.3 is 10.0 Å². The number of rotatable bonds is 7. The first-order valence-corrected chi connectivity index (χ1v) is 10.4. The van der Waals surface area contributed by atoms with E-state index in [0.717, 1.165) is 57.0 Å². The molecule has 0 saturated carbocycles. The second-order valence-electron chi connectivity index (χ2n) is 7.47. The van der Waals surface area contributed by atoms with Crippen molar-refractivity contribution in [2.45, 2.75) is 32.4 Å². The molecular weight excluding hydrogens is 364 g/mol. The van der Waals surface area contributed by atoms with Crippen LogP contribution in [0.5, 0.6) is 5.75 Å². The molecule has 0 bridgehead atoms. The Balaban J connectivity index is 1.59. The van der Waals surface area contributed by atoms with Crippen molar-refractivity contribution in [3.8, 4) is 5.75 Å². The maximum atomic E-state index is 10.1. The van der Waals surface area contributed by atoms with E-state index in [1.807, 2.05) is 28.9 Å². The summed E-state index contributed by atoms with van der Waals surface area (Å²) < 4.78 is 1.92. The Morgan fingerprint density at radius 2 is 1.79 bits per heavy atom. The number of piperazine rings is 1. The molecule has 1 unspecified atom stereocenters. The molecule has 0 aliphatic carbocycles. The van der Waals surface area contributed by atoms with Crippen LogP contribution in [0.2, 0.25) is 0 Å². The molecule has 4 rings (SSSR count). The number of tetrazole rings is 1. The zero-order chi connectivity index (χ0) is 20.1. The van der Waals surface area contributed by atoms with Gasteiger partial charge in [-0.1, -0.05) is 43.7 Å². The van der Waals surface area contributed by atoms with Gasteiger partial charge in [0.15, 0.2) is 5.82 Å². The van der Waals surface area contributed by atoms with Crippen LogP contribution in [0.25, 0.3) is 0 Å². The summed E-state index contributed by atoms with van der Waals surface area (Å²) in [4.78, 5) is 4.83. The van der Waals surface area contributed by atoms with Crippen molar-refractivity contribution in [2.75, 3.05) is 31.1 Å². The van der Waals surface area contributed by atoms with Gasteiger partial charge in [0.05, 0.1) is 6.04 Å². The lowest BCUT2D eigenvalue weighted by Gasteiger charge is -2.40. The van der Waals surface area contributed by atoms with Crippen molar-refractivity contribution in [1.82, 2.24) is 25.1 Å². The highest BCUT2D eigenvalue weighted by Crippen LogP contribution is 2.30. The van der Waals surface area contributed by atoms with Crippen molar-refractivity contribution < 1.29 is 5.11 Å². The number of nitrogens with zero attached hydrogens (tertiary/aromatic N) is 6. The molecule has 152 valence electrons. The Morgan fingerprint density at radius 3 is 2.52 bits per heavy atom. The molecule has 0 amide bonds. The fraction of sp³-hybridized carbons (Fsp3) is 0.409. The molecule has 7 heteroatoms. The molecule has 1 atom stereocenters. The number of para-hydroxylation sites is 1. The number of aryl methyl sites for hydroxylation is 1.